The molecular formula is C21H27NO2. The van der Waals surface area contributed by atoms with Crippen LogP contribution in [0.3, 0.4) is 0 Å². The van der Waals surface area contributed by atoms with Crippen molar-refractivity contribution in [2.24, 2.45) is 11.8 Å². The van der Waals surface area contributed by atoms with Gasteiger partial charge >= 0.3 is 0 Å². The van der Waals surface area contributed by atoms with Gasteiger partial charge < -0.3 is 9.84 Å². The lowest BCUT2D eigenvalue weighted by molar-refractivity contribution is 0.0119. The number of pyridine rings is 1. The van der Waals surface area contributed by atoms with Crippen LogP contribution in [0.15, 0.2) is 48.8 Å². The Morgan fingerprint density at radius 3 is 2.75 bits per heavy atom. The zero-order valence-electron chi connectivity index (χ0n) is 14.8. The Bertz CT molecular complexity index is 671. The van der Waals surface area contributed by atoms with Crippen LogP contribution < -0.4 is 4.74 Å². The van der Waals surface area contributed by atoms with E-state index in [4.69, 9.17) is 4.74 Å². The van der Waals surface area contributed by atoms with Crippen molar-refractivity contribution in [1.29, 1.82) is 0 Å². The van der Waals surface area contributed by atoms with Crippen molar-refractivity contribution < 1.29 is 9.84 Å². The Morgan fingerprint density at radius 1 is 1.25 bits per heavy atom. The smallest absolute Gasteiger partial charge is 0.138 e. The van der Waals surface area contributed by atoms with Crippen molar-refractivity contribution in [3.8, 4) is 11.5 Å². The van der Waals surface area contributed by atoms with Gasteiger partial charge in [-0.25, -0.2) is 0 Å². The van der Waals surface area contributed by atoms with Gasteiger partial charge in [0.2, 0.25) is 0 Å². The minimum atomic E-state index is -0.204. The molecule has 1 N–H and O–H groups in total. The van der Waals surface area contributed by atoms with E-state index in [-0.39, 0.29) is 5.60 Å². The van der Waals surface area contributed by atoms with E-state index >= 15 is 0 Å². The van der Waals surface area contributed by atoms with E-state index in [0.29, 0.717) is 23.5 Å². The molecule has 3 unspecified atom stereocenters. The molecule has 0 saturated heterocycles. The first-order valence-electron chi connectivity index (χ1n) is 8.85. The monoisotopic (exact) mass is 325 g/mol. The Hall–Kier alpha value is -2.03. The Labute approximate surface area is 144 Å². The Balaban J connectivity index is 1.86. The molecule has 3 atom stereocenters. The summed E-state index contributed by atoms with van der Waals surface area (Å²) in [5.74, 6) is 2.79. The molecule has 1 aromatic carbocycles. The maximum Gasteiger partial charge on any atom is 0.138 e. The maximum absolute atomic E-state index is 9.89. The van der Waals surface area contributed by atoms with E-state index in [9.17, 15) is 5.11 Å². The van der Waals surface area contributed by atoms with Crippen LogP contribution in [0.5, 0.6) is 11.5 Å². The molecule has 1 aromatic heterocycles. The number of phenolic OH excluding ortho intramolecular Hbond substituents is 1. The molecule has 2 aromatic rings. The zero-order chi connectivity index (χ0) is 17.2. The first kappa shape index (κ1) is 16.8. The highest BCUT2D eigenvalue weighted by Crippen LogP contribution is 2.47. The molecule has 128 valence electrons. The molecule has 3 rings (SSSR count). The third-order valence-corrected chi connectivity index (χ3v) is 5.33. The lowest BCUT2D eigenvalue weighted by atomic mass is 9.66. The van der Waals surface area contributed by atoms with Gasteiger partial charge in [-0.2, -0.15) is 0 Å². The Morgan fingerprint density at radius 2 is 2.08 bits per heavy atom. The number of nitrogens with zero attached hydrogens (tertiary/aromatic N) is 1. The number of rotatable bonds is 4. The molecule has 1 saturated carbocycles. The van der Waals surface area contributed by atoms with Gasteiger partial charge in [0.1, 0.15) is 17.1 Å². The van der Waals surface area contributed by atoms with Gasteiger partial charge in [-0.05, 0) is 73.8 Å². The molecule has 24 heavy (non-hydrogen) atoms. The average molecular weight is 325 g/mol. The van der Waals surface area contributed by atoms with Crippen LogP contribution in [0.4, 0.5) is 0 Å². The van der Waals surface area contributed by atoms with E-state index in [1.807, 2.05) is 24.3 Å². The molecule has 1 aliphatic carbocycles. The van der Waals surface area contributed by atoms with Crippen LogP contribution in [0.2, 0.25) is 0 Å². The van der Waals surface area contributed by atoms with Crippen molar-refractivity contribution in [1.82, 2.24) is 4.98 Å². The number of benzene rings is 1. The molecule has 1 fully saturated rings. The number of hydrogen-bond donors (Lipinski definition) is 1. The zero-order valence-corrected chi connectivity index (χ0v) is 14.8. The molecule has 3 nitrogen and oxygen atoms in total. The Kier molecular flexibility index (Phi) is 4.79. The van der Waals surface area contributed by atoms with Crippen molar-refractivity contribution >= 4 is 0 Å². The predicted octanol–water partition coefficient (Wildman–Crippen LogP) is 5.16. The average Bonchev–Trinajstić information content (AvgIpc) is 2.55. The fourth-order valence-electron chi connectivity index (χ4n) is 4.09. The summed E-state index contributed by atoms with van der Waals surface area (Å²) in [5.41, 5.74) is 1.01. The van der Waals surface area contributed by atoms with Crippen LogP contribution in [-0.2, 0) is 0 Å². The minimum Gasteiger partial charge on any atom is -0.508 e. The van der Waals surface area contributed by atoms with Gasteiger partial charge in [-0.1, -0.05) is 26.0 Å². The van der Waals surface area contributed by atoms with Crippen molar-refractivity contribution in [3.63, 3.8) is 0 Å². The molecule has 0 radical (unpaired) electrons. The van der Waals surface area contributed by atoms with Gasteiger partial charge in [0, 0.05) is 6.20 Å². The van der Waals surface area contributed by atoms with Crippen molar-refractivity contribution in [3.05, 3.63) is 54.4 Å². The van der Waals surface area contributed by atoms with E-state index in [1.165, 1.54) is 5.56 Å². The summed E-state index contributed by atoms with van der Waals surface area (Å²) in [6.45, 7) is 6.79. The van der Waals surface area contributed by atoms with E-state index < -0.39 is 0 Å². The molecule has 0 amide bonds. The van der Waals surface area contributed by atoms with Gasteiger partial charge in [0.05, 0.1) is 6.20 Å². The van der Waals surface area contributed by atoms with Gasteiger partial charge in [0.25, 0.3) is 0 Å². The van der Waals surface area contributed by atoms with Crippen LogP contribution in [0, 0.1) is 11.8 Å². The van der Waals surface area contributed by atoms with Crippen LogP contribution in [-0.4, -0.2) is 15.7 Å². The van der Waals surface area contributed by atoms with Crippen LogP contribution >= 0.6 is 0 Å². The van der Waals surface area contributed by atoms with E-state index in [2.05, 4.69) is 31.8 Å². The van der Waals surface area contributed by atoms with Crippen molar-refractivity contribution in [2.45, 2.75) is 51.6 Å². The van der Waals surface area contributed by atoms with E-state index in [0.717, 1.165) is 25.0 Å². The standard InChI is InChI=1S/C21H27NO2/c1-15(2)19-9-10-21(3,24-18-8-5-11-22-14-18)13-20(19)16-6-4-7-17(23)12-16/h4-8,11-12,14-15,19-20,23H,9-10,13H2,1-3H3. The molecule has 1 heterocycles. The second kappa shape index (κ2) is 6.84. The fourth-order valence-corrected chi connectivity index (χ4v) is 4.09. The highest BCUT2D eigenvalue weighted by Gasteiger charge is 2.41. The maximum atomic E-state index is 9.89. The largest absolute Gasteiger partial charge is 0.508 e. The number of phenols is 1. The van der Waals surface area contributed by atoms with Gasteiger partial charge in [-0.3, -0.25) is 4.98 Å². The topological polar surface area (TPSA) is 42.4 Å². The first-order chi connectivity index (χ1) is 11.5. The highest BCUT2D eigenvalue weighted by atomic mass is 16.5. The SMILES string of the molecule is CC(C)C1CCC(C)(Oc2cccnc2)CC1c1cccc(O)c1. The molecule has 0 bridgehead atoms. The summed E-state index contributed by atoms with van der Waals surface area (Å²) in [6, 6.07) is 11.6. The summed E-state index contributed by atoms with van der Waals surface area (Å²) in [6.07, 6.45) is 6.67. The second-order valence-electron chi connectivity index (χ2n) is 7.59. The second-order valence-corrected chi connectivity index (χ2v) is 7.59. The summed E-state index contributed by atoms with van der Waals surface area (Å²) < 4.78 is 6.33. The molecular weight excluding hydrogens is 298 g/mol. The minimum absolute atomic E-state index is 0.204. The number of aromatic nitrogens is 1. The fraction of sp³-hybridized carbons (Fsp3) is 0.476. The predicted molar refractivity (Wildman–Crippen MR) is 96.3 cm³/mol. The lowest BCUT2D eigenvalue weighted by Crippen LogP contribution is -2.41. The quantitative estimate of drug-likeness (QED) is 0.844. The lowest BCUT2D eigenvalue weighted by Gasteiger charge is -2.44. The third kappa shape index (κ3) is 3.72. The molecule has 0 spiro atoms. The number of ether oxygens (including phenoxy) is 1. The molecule has 1 aliphatic rings. The summed E-state index contributed by atoms with van der Waals surface area (Å²) >= 11 is 0. The summed E-state index contributed by atoms with van der Waals surface area (Å²) in [5, 5.41) is 9.89. The summed E-state index contributed by atoms with van der Waals surface area (Å²) in [4.78, 5) is 4.16. The van der Waals surface area contributed by atoms with E-state index in [1.54, 1.807) is 18.5 Å². The number of aromatic hydroxyl groups is 1. The highest BCUT2D eigenvalue weighted by molar-refractivity contribution is 5.31. The number of hydrogen-bond acceptors (Lipinski definition) is 3. The molecule has 0 aliphatic heterocycles. The van der Waals surface area contributed by atoms with Gasteiger partial charge in [-0.15, -0.1) is 0 Å². The van der Waals surface area contributed by atoms with Crippen molar-refractivity contribution in [2.75, 3.05) is 0 Å². The third-order valence-electron chi connectivity index (χ3n) is 5.33. The van der Waals surface area contributed by atoms with Crippen LogP contribution in [0.25, 0.3) is 0 Å². The first-order valence-corrected chi connectivity index (χ1v) is 8.85. The normalized spacial score (nSPS) is 27.2. The van der Waals surface area contributed by atoms with Crippen LogP contribution in [0.1, 0.15) is 51.5 Å². The summed E-state index contributed by atoms with van der Waals surface area (Å²) in [7, 11) is 0. The molecule has 3 heteroatoms. The van der Waals surface area contributed by atoms with Gasteiger partial charge in [0.15, 0.2) is 0 Å².